The number of carbonyl (C=O) groups is 2. The van der Waals surface area contributed by atoms with Crippen LogP contribution in [0.3, 0.4) is 0 Å². The normalized spacial score (nSPS) is 10.6. The summed E-state index contributed by atoms with van der Waals surface area (Å²) < 4.78 is 16.0. The van der Waals surface area contributed by atoms with E-state index < -0.39 is 5.97 Å². The summed E-state index contributed by atoms with van der Waals surface area (Å²) in [6.07, 6.45) is 3.10. The van der Waals surface area contributed by atoms with E-state index in [1.807, 2.05) is 0 Å². The van der Waals surface area contributed by atoms with Gasteiger partial charge in [0.05, 0.1) is 14.2 Å². The highest BCUT2D eigenvalue weighted by atomic mass is 35.5. The van der Waals surface area contributed by atoms with Gasteiger partial charge in [0.15, 0.2) is 5.78 Å². The number of benzene rings is 3. The van der Waals surface area contributed by atoms with Crippen LogP contribution >= 0.6 is 11.6 Å². The molecular formula is C24H19ClO5. The zero-order valence-electron chi connectivity index (χ0n) is 16.4. The lowest BCUT2D eigenvalue weighted by Gasteiger charge is -2.12. The standard InChI is InChI=1S/C24H19ClO5/c1-28-21-7-4-8-22(29-2)23(21)24(27)30-19-6-3-5-16(15-19)9-14-20(26)17-10-12-18(25)13-11-17/h3-15H,1-2H3. The van der Waals surface area contributed by atoms with E-state index in [9.17, 15) is 9.59 Å². The van der Waals surface area contributed by atoms with Crippen LogP contribution in [0.1, 0.15) is 26.3 Å². The lowest BCUT2D eigenvalue weighted by molar-refractivity contribution is 0.0727. The van der Waals surface area contributed by atoms with Crippen LogP contribution in [0.2, 0.25) is 5.02 Å². The molecule has 30 heavy (non-hydrogen) atoms. The van der Waals surface area contributed by atoms with E-state index in [-0.39, 0.29) is 11.3 Å². The Bertz CT molecular complexity index is 1060. The molecule has 0 aliphatic rings. The minimum absolute atomic E-state index is 0.159. The summed E-state index contributed by atoms with van der Waals surface area (Å²) in [5.41, 5.74) is 1.43. The summed E-state index contributed by atoms with van der Waals surface area (Å²) in [5, 5.41) is 0.566. The van der Waals surface area contributed by atoms with Gasteiger partial charge in [-0.05, 0) is 60.2 Å². The summed E-state index contributed by atoms with van der Waals surface area (Å²) in [7, 11) is 2.93. The van der Waals surface area contributed by atoms with Crippen LogP contribution in [0.5, 0.6) is 17.2 Å². The molecule has 3 rings (SSSR count). The predicted octanol–water partition coefficient (Wildman–Crippen LogP) is 5.47. The second-order valence-corrected chi connectivity index (χ2v) is 6.64. The Hall–Kier alpha value is -3.57. The van der Waals surface area contributed by atoms with Gasteiger partial charge in [0.1, 0.15) is 22.8 Å². The molecule has 5 nitrogen and oxygen atoms in total. The summed E-state index contributed by atoms with van der Waals surface area (Å²) >= 11 is 5.84. The number of ketones is 1. The molecule has 0 unspecified atom stereocenters. The molecule has 152 valence electrons. The van der Waals surface area contributed by atoms with Crippen molar-refractivity contribution in [1.29, 1.82) is 0 Å². The number of allylic oxidation sites excluding steroid dienone is 1. The molecule has 0 aliphatic carbocycles. The first kappa shape index (κ1) is 21.1. The van der Waals surface area contributed by atoms with Crippen LogP contribution in [-0.2, 0) is 0 Å². The zero-order chi connectivity index (χ0) is 21.5. The number of rotatable bonds is 7. The van der Waals surface area contributed by atoms with Crippen molar-refractivity contribution >= 4 is 29.4 Å². The quantitative estimate of drug-likeness (QED) is 0.218. The van der Waals surface area contributed by atoms with Crippen LogP contribution in [0.4, 0.5) is 0 Å². The number of carbonyl (C=O) groups excluding carboxylic acids is 2. The van der Waals surface area contributed by atoms with Gasteiger partial charge in [-0.1, -0.05) is 35.9 Å². The molecule has 0 saturated carbocycles. The van der Waals surface area contributed by atoms with E-state index in [2.05, 4.69) is 0 Å². The number of hydrogen-bond donors (Lipinski definition) is 0. The molecule has 3 aromatic rings. The molecule has 0 aliphatic heterocycles. The predicted molar refractivity (Wildman–Crippen MR) is 116 cm³/mol. The lowest BCUT2D eigenvalue weighted by Crippen LogP contribution is -2.12. The monoisotopic (exact) mass is 422 g/mol. The van der Waals surface area contributed by atoms with E-state index in [0.717, 1.165) is 0 Å². The second kappa shape index (κ2) is 9.76. The molecule has 0 bridgehead atoms. The van der Waals surface area contributed by atoms with Gasteiger partial charge in [0.2, 0.25) is 0 Å². The highest BCUT2D eigenvalue weighted by Crippen LogP contribution is 2.29. The molecule has 0 atom stereocenters. The number of ether oxygens (including phenoxy) is 3. The molecule has 0 aromatic heterocycles. The van der Waals surface area contributed by atoms with E-state index in [1.54, 1.807) is 72.8 Å². The van der Waals surface area contributed by atoms with Crippen molar-refractivity contribution in [2.24, 2.45) is 0 Å². The Morgan fingerprint density at radius 1 is 0.867 bits per heavy atom. The Morgan fingerprint density at radius 2 is 1.50 bits per heavy atom. The largest absolute Gasteiger partial charge is 0.496 e. The summed E-state index contributed by atoms with van der Waals surface area (Å²) in [6, 6.07) is 18.5. The van der Waals surface area contributed by atoms with E-state index >= 15 is 0 Å². The van der Waals surface area contributed by atoms with Gasteiger partial charge in [-0.3, -0.25) is 4.79 Å². The van der Waals surface area contributed by atoms with Crippen molar-refractivity contribution in [3.05, 3.63) is 94.5 Å². The fourth-order valence-electron chi connectivity index (χ4n) is 2.77. The summed E-state index contributed by atoms with van der Waals surface area (Å²) in [4.78, 5) is 25.0. The third kappa shape index (κ3) is 5.07. The molecule has 3 aromatic carbocycles. The van der Waals surface area contributed by atoms with Crippen LogP contribution in [-0.4, -0.2) is 26.0 Å². The Labute approximate surface area is 179 Å². The Balaban J connectivity index is 1.77. The summed E-state index contributed by atoms with van der Waals surface area (Å²) in [5.74, 6) is 0.262. The maximum absolute atomic E-state index is 12.7. The number of halogens is 1. The zero-order valence-corrected chi connectivity index (χ0v) is 17.2. The first-order chi connectivity index (χ1) is 14.5. The van der Waals surface area contributed by atoms with Gasteiger partial charge in [0, 0.05) is 10.6 Å². The van der Waals surface area contributed by atoms with Crippen LogP contribution < -0.4 is 14.2 Å². The van der Waals surface area contributed by atoms with Crippen molar-refractivity contribution in [3.63, 3.8) is 0 Å². The minimum atomic E-state index is -0.609. The number of esters is 1. The highest BCUT2D eigenvalue weighted by molar-refractivity contribution is 6.30. The smallest absolute Gasteiger partial charge is 0.351 e. The average molecular weight is 423 g/mol. The maximum Gasteiger partial charge on any atom is 0.351 e. The molecule has 6 heteroatoms. The summed E-state index contributed by atoms with van der Waals surface area (Å²) in [6.45, 7) is 0. The van der Waals surface area contributed by atoms with E-state index in [0.29, 0.717) is 33.4 Å². The molecule has 0 fully saturated rings. The first-order valence-electron chi connectivity index (χ1n) is 9.03. The molecule has 0 spiro atoms. The average Bonchev–Trinajstić information content (AvgIpc) is 2.77. The van der Waals surface area contributed by atoms with Gasteiger partial charge in [-0.2, -0.15) is 0 Å². The molecule has 0 amide bonds. The maximum atomic E-state index is 12.7. The molecular weight excluding hydrogens is 404 g/mol. The molecule has 0 saturated heterocycles. The van der Waals surface area contributed by atoms with Crippen molar-refractivity contribution < 1.29 is 23.8 Å². The van der Waals surface area contributed by atoms with Crippen molar-refractivity contribution in [2.45, 2.75) is 0 Å². The van der Waals surface area contributed by atoms with Gasteiger partial charge in [-0.25, -0.2) is 4.79 Å². The topological polar surface area (TPSA) is 61.8 Å². The number of hydrogen-bond acceptors (Lipinski definition) is 5. The van der Waals surface area contributed by atoms with Crippen molar-refractivity contribution in [2.75, 3.05) is 14.2 Å². The Morgan fingerprint density at radius 3 is 2.13 bits per heavy atom. The second-order valence-electron chi connectivity index (χ2n) is 6.20. The first-order valence-corrected chi connectivity index (χ1v) is 9.41. The lowest BCUT2D eigenvalue weighted by atomic mass is 10.1. The third-order valence-corrected chi connectivity index (χ3v) is 4.51. The fourth-order valence-corrected chi connectivity index (χ4v) is 2.90. The molecule has 0 heterocycles. The van der Waals surface area contributed by atoms with Gasteiger partial charge >= 0.3 is 5.97 Å². The van der Waals surface area contributed by atoms with Gasteiger partial charge < -0.3 is 14.2 Å². The van der Waals surface area contributed by atoms with Crippen LogP contribution in [0.15, 0.2) is 72.8 Å². The SMILES string of the molecule is COc1cccc(OC)c1C(=O)Oc1cccc(C=CC(=O)c2ccc(Cl)cc2)c1. The van der Waals surface area contributed by atoms with Crippen LogP contribution in [0.25, 0.3) is 6.08 Å². The van der Waals surface area contributed by atoms with E-state index in [4.69, 9.17) is 25.8 Å². The minimum Gasteiger partial charge on any atom is -0.496 e. The number of methoxy groups -OCH3 is 2. The van der Waals surface area contributed by atoms with Gasteiger partial charge in [0.25, 0.3) is 0 Å². The Kier molecular flexibility index (Phi) is 6.88. The molecule has 0 radical (unpaired) electrons. The van der Waals surface area contributed by atoms with Crippen LogP contribution in [0, 0.1) is 0 Å². The fraction of sp³-hybridized carbons (Fsp3) is 0.0833. The van der Waals surface area contributed by atoms with Crippen molar-refractivity contribution in [1.82, 2.24) is 0 Å². The third-order valence-electron chi connectivity index (χ3n) is 4.26. The van der Waals surface area contributed by atoms with Gasteiger partial charge in [-0.15, -0.1) is 0 Å². The van der Waals surface area contributed by atoms with Crippen molar-refractivity contribution in [3.8, 4) is 17.2 Å². The van der Waals surface area contributed by atoms with E-state index in [1.165, 1.54) is 20.3 Å². The highest BCUT2D eigenvalue weighted by Gasteiger charge is 2.20. The molecule has 0 N–H and O–H groups in total.